The highest BCUT2D eigenvalue weighted by molar-refractivity contribution is 5.35. The summed E-state index contributed by atoms with van der Waals surface area (Å²) in [5.41, 5.74) is 1.64. The van der Waals surface area contributed by atoms with Gasteiger partial charge in [0.1, 0.15) is 5.75 Å². The van der Waals surface area contributed by atoms with Crippen LogP contribution in [0.3, 0.4) is 0 Å². The molecule has 0 saturated heterocycles. The molecule has 1 aliphatic carbocycles. The van der Waals surface area contributed by atoms with Crippen LogP contribution in [0, 0.1) is 11.3 Å². The Kier molecular flexibility index (Phi) is 5.32. The molecule has 1 N–H and O–H groups in total. The molecule has 2 nitrogen and oxygen atoms in total. The maximum Gasteiger partial charge on any atom is 0.123 e. The maximum absolute atomic E-state index is 5.51. The molecule has 0 radical (unpaired) electrons. The lowest BCUT2D eigenvalue weighted by molar-refractivity contribution is 0.124. The van der Waals surface area contributed by atoms with Gasteiger partial charge in [0.15, 0.2) is 0 Å². The molecule has 21 heavy (non-hydrogen) atoms. The van der Waals surface area contributed by atoms with Crippen molar-refractivity contribution in [1.82, 2.24) is 5.32 Å². The first-order chi connectivity index (χ1) is 9.93. The number of ether oxygens (including phenoxy) is 1. The molecule has 0 heterocycles. The van der Waals surface area contributed by atoms with Gasteiger partial charge in [0, 0.05) is 17.6 Å². The average molecular weight is 289 g/mol. The van der Waals surface area contributed by atoms with Crippen molar-refractivity contribution in [3.05, 3.63) is 29.8 Å². The predicted molar refractivity (Wildman–Crippen MR) is 89.7 cm³/mol. The molecule has 2 rings (SSSR count). The van der Waals surface area contributed by atoms with Crippen LogP contribution < -0.4 is 10.1 Å². The second kappa shape index (κ2) is 6.83. The lowest BCUT2D eigenvalue weighted by Crippen LogP contribution is -2.45. The van der Waals surface area contributed by atoms with E-state index in [4.69, 9.17) is 4.74 Å². The van der Waals surface area contributed by atoms with Crippen LogP contribution >= 0.6 is 0 Å². The molecule has 2 heteroatoms. The van der Waals surface area contributed by atoms with E-state index in [0.717, 1.165) is 11.7 Å². The largest absolute Gasteiger partial charge is 0.496 e. The predicted octanol–water partition coefficient (Wildman–Crippen LogP) is 4.95. The SMILES string of the molecule is COc1ccccc1C(C)NC1CCCCC1C(C)(C)C. The van der Waals surface area contributed by atoms with Crippen molar-refractivity contribution >= 4 is 0 Å². The molecule has 1 saturated carbocycles. The van der Waals surface area contributed by atoms with Crippen molar-refractivity contribution in [3.63, 3.8) is 0 Å². The number of hydrogen-bond donors (Lipinski definition) is 1. The number of rotatable bonds is 4. The standard InChI is InChI=1S/C19H31NO/c1-14(15-10-6-9-13-18(15)21-5)20-17-12-8-7-11-16(17)19(2,3)4/h6,9-10,13-14,16-17,20H,7-8,11-12H2,1-5H3. The second-order valence-electron chi connectivity index (χ2n) is 7.49. The first-order valence-electron chi connectivity index (χ1n) is 8.32. The fourth-order valence-electron chi connectivity index (χ4n) is 3.80. The van der Waals surface area contributed by atoms with E-state index >= 15 is 0 Å². The van der Waals surface area contributed by atoms with E-state index in [1.807, 2.05) is 6.07 Å². The maximum atomic E-state index is 5.51. The quantitative estimate of drug-likeness (QED) is 0.846. The van der Waals surface area contributed by atoms with Gasteiger partial charge >= 0.3 is 0 Å². The zero-order chi connectivity index (χ0) is 15.5. The van der Waals surface area contributed by atoms with Crippen LogP contribution in [0.5, 0.6) is 5.75 Å². The topological polar surface area (TPSA) is 21.3 Å². The Bertz CT molecular complexity index is 449. The third kappa shape index (κ3) is 4.00. The van der Waals surface area contributed by atoms with Crippen LogP contribution in [0.4, 0.5) is 0 Å². The van der Waals surface area contributed by atoms with Gasteiger partial charge in [0.05, 0.1) is 7.11 Å². The van der Waals surface area contributed by atoms with Gasteiger partial charge in [-0.25, -0.2) is 0 Å². The Balaban J connectivity index is 2.11. The van der Waals surface area contributed by atoms with Crippen molar-refractivity contribution in [1.29, 1.82) is 0 Å². The average Bonchev–Trinajstić information content (AvgIpc) is 2.46. The third-order valence-electron chi connectivity index (χ3n) is 4.95. The van der Waals surface area contributed by atoms with E-state index in [1.54, 1.807) is 7.11 Å². The van der Waals surface area contributed by atoms with Crippen LogP contribution in [-0.4, -0.2) is 13.2 Å². The minimum Gasteiger partial charge on any atom is -0.496 e. The number of benzene rings is 1. The minimum atomic E-state index is 0.328. The third-order valence-corrected chi connectivity index (χ3v) is 4.95. The highest BCUT2D eigenvalue weighted by Crippen LogP contribution is 2.39. The summed E-state index contributed by atoms with van der Waals surface area (Å²) in [5.74, 6) is 1.74. The van der Waals surface area contributed by atoms with E-state index < -0.39 is 0 Å². The highest BCUT2D eigenvalue weighted by atomic mass is 16.5. The molecule has 118 valence electrons. The van der Waals surface area contributed by atoms with Gasteiger partial charge in [0.2, 0.25) is 0 Å². The molecule has 1 aromatic rings. The zero-order valence-corrected chi connectivity index (χ0v) is 14.3. The molecule has 3 atom stereocenters. The molecule has 1 aliphatic rings. The van der Waals surface area contributed by atoms with Gasteiger partial charge in [-0.3, -0.25) is 0 Å². The van der Waals surface area contributed by atoms with Gasteiger partial charge < -0.3 is 10.1 Å². The van der Waals surface area contributed by atoms with Crippen LogP contribution in [0.25, 0.3) is 0 Å². The van der Waals surface area contributed by atoms with Crippen molar-refractivity contribution < 1.29 is 4.74 Å². The Labute approximate surface area is 130 Å². The van der Waals surface area contributed by atoms with E-state index in [9.17, 15) is 0 Å². The molecule has 1 fully saturated rings. The van der Waals surface area contributed by atoms with Gasteiger partial charge in [-0.15, -0.1) is 0 Å². The zero-order valence-electron chi connectivity index (χ0n) is 14.3. The molecule has 0 bridgehead atoms. The Morgan fingerprint density at radius 3 is 2.48 bits per heavy atom. The number of methoxy groups -OCH3 is 1. The molecule has 0 aliphatic heterocycles. The molecule has 1 aromatic carbocycles. The van der Waals surface area contributed by atoms with Crippen molar-refractivity contribution in [3.8, 4) is 5.75 Å². The van der Waals surface area contributed by atoms with Crippen molar-refractivity contribution in [2.75, 3.05) is 7.11 Å². The van der Waals surface area contributed by atoms with Gasteiger partial charge in [-0.1, -0.05) is 51.8 Å². The summed E-state index contributed by atoms with van der Waals surface area (Å²) in [7, 11) is 1.75. The van der Waals surface area contributed by atoms with Crippen LogP contribution in [0.2, 0.25) is 0 Å². The lowest BCUT2D eigenvalue weighted by atomic mass is 9.69. The van der Waals surface area contributed by atoms with Gasteiger partial charge in [-0.2, -0.15) is 0 Å². The van der Waals surface area contributed by atoms with Crippen LogP contribution in [0.1, 0.15) is 65.0 Å². The summed E-state index contributed by atoms with van der Waals surface area (Å²) in [6, 6.07) is 9.29. The number of para-hydroxylation sites is 1. The fraction of sp³-hybridized carbons (Fsp3) is 0.684. The first-order valence-corrected chi connectivity index (χ1v) is 8.32. The Hall–Kier alpha value is -1.02. The fourth-order valence-corrected chi connectivity index (χ4v) is 3.80. The summed E-state index contributed by atoms with van der Waals surface area (Å²) < 4.78 is 5.51. The van der Waals surface area contributed by atoms with Crippen LogP contribution in [-0.2, 0) is 0 Å². The second-order valence-corrected chi connectivity index (χ2v) is 7.49. The summed E-state index contributed by atoms with van der Waals surface area (Å²) in [5, 5.41) is 3.89. The van der Waals surface area contributed by atoms with E-state index in [0.29, 0.717) is 17.5 Å². The number of hydrogen-bond acceptors (Lipinski definition) is 2. The van der Waals surface area contributed by atoms with Gasteiger partial charge in [0.25, 0.3) is 0 Å². The summed E-state index contributed by atoms with van der Waals surface area (Å²) in [4.78, 5) is 0. The Morgan fingerprint density at radius 1 is 1.14 bits per heavy atom. The number of nitrogens with one attached hydrogen (secondary N) is 1. The summed E-state index contributed by atoms with van der Waals surface area (Å²) in [6.07, 6.45) is 5.37. The molecular weight excluding hydrogens is 258 g/mol. The Morgan fingerprint density at radius 2 is 1.81 bits per heavy atom. The normalized spacial score (nSPS) is 24.6. The molecule has 0 spiro atoms. The van der Waals surface area contributed by atoms with Crippen molar-refractivity contribution in [2.45, 2.75) is 65.5 Å². The molecule has 0 aromatic heterocycles. The molecule has 0 amide bonds. The molecule has 3 unspecified atom stereocenters. The molecular formula is C19H31NO. The lowest BCUT2D eigenvalue weighted by Gasteiger charge is -2.42. The van der Waals surface area contributed by atoms with E-state index in [1.165, 1.54) is 31.2 Å². The van der Waals surface area contributed by atoms with Crippen LogP contribution in [0.15, 0.2) is 24.3 Å². The summed E-state index contributed by atoms with van der Waals surface area (Å²) >= 11 is 0. The minimum absolute atomic E-state index is 0.328. The first kappa shape index (κ1) is 16.4. The van der Waals surface area contributed by atoms with E-state index in [2.05, 4.69) is 51.2 Å². The summed E-state index contributed by atoms with van der Waals surface area (Å²) in [6.45, 7) is 9.40. The smallest absolute Gasteiger partial charge is 0.123 e. The highest BCUT2D eigenvalue weighted by Gasteiger charge is 2.34. The van der Waals surface area contributed by atoms with E-state index in [-0.39, 0.29) is 0 Å². The van der Waals surface area contributed by atoms with Gasteiger partial charge in [-0.05, 0) is 37.2 Å². The monoisotopic (exact) mass is 289 g/mol. The van der Waals surface area contributed by atoms with Crippen molar-refractivity contribution in [2.24, 2.45) is 11.3 Å².